The largest absolute Gasteiger partial charge is 0.417 e. The van der Waals surface area contributed by atoms with Crippen LogP contribution in [0.25, 0.3) is 0 Å². The van der Waals surface area contributed by atoms with E-state index in [-0.39, 0.29) is 41.1 Å². The molecule has 8 nitrogen and oxygen atoms in total. The van der Waals surface area contributed by atoms with E-state index in [2.05, 4.69) is 5.32 Å². The number of carbonyl (C=O) groups excluding carboxylic acids is 2. The van der Waals surface area contributed by atoms with Gasteiger partial charge in [-0.1, -0.05) is 12.1 Å². The Morgan fingerprint density at radius 2 is 1.77 bits per heavy atom. The maximum atomic E-state index is 13.2. The third-order valence-corrected chi connectivity index (χ3v) is 7.64. The van der Waals surface area contributed by atoms with Gasteiger partial charge in [0.2, 0.25) is 0 Å². The van der Waals surface area contributed by atoms with E-state index < -0.39 is 39.1 Å². The van der Waals surface area contributed by atoms with Gasteiger partial charge in [-0.05, 0) is 18.2 Å². The van der Waals surface area contributed by atoms with Gasteiger partial charge in [0.15, 0.2) is 0 Å². The highest BCUT2D eigenvalue weighted by molar-refractivity contribution is 7.91. The second kappa shape index (κ2) is 8.34. The molecule has 3 N–H and O–H groups in total. The number of nitrogens with two attached hydrogens (primary N) is 1. The van der Waals surface area contributed by atoms with E-state index in [1.54, 1.807) is 0 Å². The van der Waals surface area contributed by atoms with Crippen LogP contribution in [0.2, 0.25) is 0 Å². The van der Waals surface area contributed by atoms with Crippen LogP contribution in [0.4, 0.5) is 18.2 Å². The highest BCUT2D eigenvalue weighted by Crippen LogP contribution is 2.35. The minimum Gasteiger partial charge on any atom is -0.379 e. The Bertz CT molecular complexity index is 1080. The van der Waals surface area contributed by atoms with Crippen molar-refractivity contribution in [2.75, 3.05) is 31.6 Å². The molecule has 0 saturated carbocycles. The first kappa shape index (κ1) is 22.2. The van der Waals surface area contributed by atoms with Crippen LogP contribution >= 0.6 is 11.3 Å². The molecule has 2 heterocycles. The number of amides is 2. The van der Waals surface area contributed by atoms with Gasteiger partial charge in [-0.3, -0.25) is 9.59 Å². The van der Waals surface area contributed by atoms with Gasteiger partial charge in [0, 0.05) is 13.1 Å². The number of rotatable bonds is 5. The van der Waals surface area contributed by atoms with Gasteiger partial charge in [0.1, 0.15) is 9.21 Å². The monoisotopic (exact) mass is 463 g/mol. The van der Waals surface area contributed by atoms with Gasteiger partial charge >= 0.3 is 6.18 Å². The zero-order valence-electron chi connectivity index (χ0n) is 15.2. The van der Waals surface area contributed by atoms with Crippen LogP contribution in [-0.2, 0) is 20.9 Å². The number of hydrogen-bond donors (Lipinski definition) is 2. The van der Waals surface area contributed by atoms with Crippen LogP contribution in [-0.4, -0.2) is 50.8 Å². The SMILES string of the molecule is NC(=O)c1cc(S(=O)(=O)N2CCOCC2)sc1NC(=O)c1ccccc1C(F)(F)F. The Morgan fingerprint density at radius 1 is 1.13 bits per heavy atom. The number of hydrogen-bond acceptors (Lipinski definition) is 6. The predicted octanol–water partition coefficient (Wildman–Crippen LogP) is 2.14. The lowest BCUT2D eigenvalue weighted by Crippen LogP contribution is -2.40. The van der Waals surface area contributed by atoms with Crippen molar-refractivity contribution in [3.63, 3.8) is 0 Å². The lowest BCUT2D eigenvalue weighted by molar-refractivity contribution is -0.137. The van der Waals surface area contributed by atoms with E-state index in [0.717, 1.165) is 28.6 Å². The molecule has 30 heavy (non-hydrogen) atoms. The number of primary amides is 1. The van der Waals surface area contributed by atoms with Gasteiger partial charge in [0.05, 0.1) is 29.9 Å². The van der Waals surface area contributed by atoms with Crippen LogP contribution in [0.5, 0.6) is 0 Å². The maximum Gasteiger partial charge on any atom is 0.417 e. The van der Waals surface area contributed by atoms with Crippen molar-refractivity contribution in [2.45, 2.75) is 10.4 Å². The molecule has 1 fully saturated rings. The Labute approximate surface area is 173 Å². The van der Waals surface area contributed by atoms with Gasteiger partial charge < -0.3 is 15.8 Å². The van der Waals surface area contributed by atoms with Crippen LogP contribution < -0.4 is 11.1 Å². The summed E-state index contributed by atoms with van der Waals surface area (Å²) in [6.07, 6.45) is -4.78. The molecule has 3 rings (SSSR count). The molecule has 0 unspecified atom stereocenters. The number of anilines is 1. The lowest BCUT2D eigenvalue weighted by atomic mass is 10.1. The fourth-order valence-corrected chi connectivity index (χ4v) is 5.71. The second-order valence-corrected chi connectivity index (χ2v) is 9.40. The number of halogens is 3. The summed E-state index contributed by atoms with van der Waals surface area (Å²) < 4.78 is 71.1. The Balaban J connectivity index is 1.96. The second-order valence-electron chi connectivity index (χ2n) is 6.19. The third-order valence-electron chi connectivity index (χ3n) is 4.24. The van der Waals surface area contributed by atoms with E-state index in [4.69, 9.17) is 10.5 Å². The highest BCUT2D eigenvalue weighted by Gasteiger charge is 2.35. The van der Waals surface area contributed by atoms with Gasteiger partial charge in [-0.15, -0.1) is 11.3 Å². The number of alkyl halides is 3. The number of thiophene rings is 1. The summed E-state index contributed by atoms with van der Waals surface area (Å²) in [7, 11) is -4.00. The van der Waals surface area contributed by atoms with Gasteiger partial charge in [-0.2, -0.15) is 17.5 Å². The van der Waals surface area contributed by atoms with E-state index in [9.17, 15) is 31.2 Å². The molecular formula is C17H16F3N3O5S2. The first-order chi connectivity index (χ1) is 14.0. The van der Waals surface area contributed by atoms with Crippen molar-refractivity contribution in [1.29, 1.82) is 0 Å². The standard InChI is InChI=1S/C17H16F3N3O5S2/c18-17(19,20)12-4-2-1-3-10(12)15(25)22-16-11(14(21)24)9-13(29-16)30(26,27)23-5-7-28-8-6-23/h1-4,9H,5-8H2,(H2,21,24)(H,22,25). The molecule has 1 aliphatic heterocycles. The minimum absolute atomic E-state index is 0.104. The van der Waals surface area contributed by atoms with Gasteiger partial charge in [-0.25, -0.2) is 8.42 Å². The van der Waals surface area contributed by atoms with Crippen LogP contribution in [0.1, 0.15) is 26.3 Å². The van der Waals surface area contributed by atoms with Gasteiger partial charge in [0.25, 0.3) is 21.8 Å². The molecule has 162 valence electrons. The molecule has 0 bridgehead atoms. The first-order valence-corrected chi connectivity index (χ1v) is 10.8. The molecule has 0 spiro atoms. The molecule has 0 radical (unpaired) electrons. The average Bonchev–Trinajstić information content (AvgIpc) is 3.13. The van der Waals surface area contributed by atoms with Crippen molar-refractivity contribution in [1.82, 2.24) is 4.31 Å². The van der Waals surface area contributed by atoms with Crippen molar-refractivity contribution in [3.05, 3.63) is 47.0 Å². The quantitative estimate of drug-likeness (QED) is 0.704. The summed E-state index contributed by atoms with van der Waals surface area (Å²) >= 11 is 0.540. The summed E-state index contributed by atoms with van der Waals surface area (Å²) in [5.41, 5.74) is 3.12. The number of carbonyl (C=O) groups is 2. The predicted molar refractivity (Wildman–Crippen MR) is 102 cm³/mol. The molecule has 2 aromatic rings. The van der Waals surface area contributed by atoms with E-state index >= 15 is 0 Å². The Morgan fingerprint density at radius 3 is 2.37 bits per heavy atom. The van der Waals surface area contributed by atoms with Crippen molar-refractivity contribution >= 4 is 38.2 Å². The molecule has 0 atom stereocenters. The number of ether oxygens (including phenoxy) is 1. The maximum absolute atomic E-state index is 13.2. The van der Waals surface area contributed by atoms with Crippen molar-refractivity contribution in [3.8, 4) is 0 Å². The Hall–Kier alpha value is -2.48. The zero-order chi connectivity index (χ0) is 22.1. The lowest BCUT2D eigenvalue weighted by Gasteiger charge is -2.25. The highest BCUT2D eigenvalue weighted by atomic mass is 32.2. The molecular weight excluding hydrogens is 447 g/mol. The summed E-state index contributed by atoms with van der Waals surface area (Å²) in [5, 5.41) is 1.93. The van der Waals surface area contributed by atoms with Crippen LogP contribution in [0, 0.1) is 0 Å². The summed E-state index contributed by atoms with van der Waals surface area (Å²) in [6.45, 7) is 0.607. The number of nitrogens with zero attached hydrogens (tertiary/aromatic N) is 1. The number of benzene rings is 1. The molecule has 1 aliphatic rings. The average molecular weight is 463 g/mol. The van der Waals surface area contributed by atoms with Crippen molar-refractivity contribution in [2.24, 2.45) is 5.73 Å². The molecule has 1 aromatic heterocycles. The Kier molecular flexibility index (Phi) is 6.17. The summed E-state index contributed by atoms with van der Waals surface area (Å²) in [6, 6.07) is 5.10. The minimum atomic E-state index is -4.78. The number of morpholine rings is 1. The van der Waals surface area contributed by atoms with Crippen molar-refractivity contribution < 1.29 is 35.9 Å². The van der Waals surface area contributed by atoms with Crippen LogP contribution in [0.15, 0.2) is 34.5 Å². The fraction of sp³-hybridized carbons (Fsp3) is 0.294. The molecule has 2 amide bonds. The first-order valence-electron chi connectivity index (χ1n) is 8.51. The molecule has 1 aromatic carbocycles. The number of nitrogens with one attached hydrogen (secondary N) is 1. The zero-order valence-corrected chi connectivity index (χ0v) is 16.9. The van der Waals surface area contributed by atoms with E-state index in [1.807, 2.05) is 0 Å². The van der Waals surface area contributed by atoms with Crippen LogP contribution in [0.3, 0.4) is 0 Å². The third kappa shape index (κ3) is 4.48. The summed E-state index contributed by atoms with van der Waals surface area (Å²) in [4.78, 5) is 24.2. The van der Waals surface area contributed by atoms with E-state index in [1.165, 1.54) is 6.07 Å². The topological polar surface area (TPSA) is 119 Å². The molecule has 0 aliphatic carbocycles. The normalized spacial score (nSPS) is 15.7. The molecule has 13 heteroatoms. The fourth-order valence-electron chi connectivity index (χ4n) is 2.78. The summed E-state index contributed by atoms with van der Waals surface area (Å²) in [5.74, 6) is -2.18. The molecule has 1 saturated heterocycles. The van der Waals surface area contributed by atoms with E-state index in [0.29, 0.717) is 11.3 Å². The number of sulfonamides is 1. The smallest absolute Gasteiger partial charge is 0.379 e.